The van der Waals surface area contributed by atoms with E-state index in [0.29, 0.717) is 41.1 Å². The molecule has 46 heavy (non-hydrogen) atoms. The van der Waals surface area contributed by atoms with E-state index in [9.17, 15) is 18.0 Å². The summed E-state index contributed by atoms with van der Waals surface area (Å²) in [4.78, 5) is 32.4. The first-order valence-electron chi connectivity index (χ1n) is 16.4. The Balaban J connectivity index is 1.15. The van der Waals surface area contributed by atoms with E-state index >= 15 is 0 Å². The van der Waals surface area contributed by atoms with Crippen molar-refractivity contribution >= 4 is 44.7 Å². The number of Topliss-reactive ketones (excluding diaryl/α,β-unsaturated/α-hetero) is 1. The molecule has 2 aliphatic rings. The number of methoxy groups -OCH3 is 1. The molecule has 3 aromatic rings. The molecular formula is C34H44ClN3O6S2. The molecule has 1 atom stereocenters. The minimum absolute atomic E-state index is 0.00248. The predicted molar refractivity (Wildman–Crippen MR) is 179 cm³/mol. The van der Waals surface area contributed by atoms with E-state index in [0.717, 1.165) is 60.6 Å². The molecule has 1 aliphatic carbocycles. The number of benzene rings is 1. The number of thiophene rings is 1. The van der Waals surface area contributed by atoms with Gasteiger partial charge in [0.2, 0.25) is 11.8 Å². The number of sulfonamides is 1. The van der Waals surface area contributed by atoms with E-state index in [1.165, 1.54) is 63.3 Å². The Bertz CT molecular complexity index is 1580. The summed E-state index contributed by atoms with van der Waals surface area (Å²) in [5.41, 5.74) is 2.30. The second-order valence-corrected chi connectivity index (χ2v) is 16.1. The Kier molecular flexibility index (Phi) is 12.3. The summed E-state index contributed by atoms with van der Waals surface area (Å²) in [6.07, 6.45) is 15.5. The van der Waals surface area contributed by atoms with Crippen LogP contribution in [0.15, 0.2) is 45.2 Å². The summed E-state index contributed by atoms with van der Waals surface area (Å²) < 4.78 is 38.9. The molecule has 1 saturated carbocycles. The average molecular weight is 690 g/mol. The van der Waals surface area contributed by atoms with Crippen molar-refractivity contribution in [1.82, 2.24) is 14.6 Å². The number of carbonyl (C=O) groups excluding carboxylic acids is 2. The van der Waals surface area contributed by atoms with Crippen LogP contribution in [0.5, 0.6) is 5.75 Å². The SMILES string of the molecule is COc1ccc(CCC(=O)NS(=O)(=O)c2ccc(Cl)s2)c(CN2CCC[C@H]2c2nc(C(=O)CCCCCC3CCCCC3)co2)c1. The highest BCUT2D eigenvalue weighted by molar-refractivity contribution is 7.92. The lowest BCUT2D eigenvalue weighted by Gasteiger charge is -2.23. The van der Waals surface area contributed by atoms with Crippen LogP contribution in [-0.2, 0) is 27.8 Å². The quantitative estimate of drug-likeness (QED) is 0.119. The molecule has 0 spiro atoms. The summed E-state index contributed by atoms with van der Waals surface area (Å²) >= 11 is 6.77. The van der Waals surface area contributed by atoms with Crippen LogP contribution in [0.1, 0.15) is 117 Å². The molecule has 2 fully saturated rings. The molecule has 1 N–H and O–H groups in total. The van der Waals surface area contributed by atoms with Crippen LogP contribution < -0.4 is 9.46 Å². The van der Waals surface area contributed by atoms with Crippen LogP contribution in [0, 0.1) is 5.92 Å². The van der Waals surface area contributed by atoms with Crippen molar-refractivity contribution in [3.8, 4) is 5.75 Å². The van der Waals surface area contributed by atoms with Gasteiger partial charge in [-0.1, -0.05) is 69.0 Å². The van der Waals surface area contributed by atoms with Crippen LogP contribution in [-0.4, -0.2) is 43.6 Å². The van der Waals surface area contributed by atoms with Crippen molar-refractivity contribution in [1.29, 1.82) is 0 Å². The Morgan fingerprint density at radius 1 is 1.04 bits per heavy atom. The Morgan fingerprint density at radius 3 is 2.63 bits per heavy atom. The number of amides is 1. The molecule has 1 saturated heterocycles. The Labute approximate surface area is 281 Å². The molecule has 5 rings (SSSR count). The maximum atomic E-state index is 12.9. The topological polar surface area (TPSA) is 119 Å². The zero-order chi connectivity index (χ0) is 32.5. The highest BCUT2D eigenvalue weighted by atomic mass is 35.5. The van der Waals surface area contributed by atoms with E-state index in [1.54, 1.807) is 7.11 Å². The summed E-state index contributed by atoms with van der Waals surface area (Å²) in [6.45, 7) is 1.40. The third kappa shape index (κ3) is 9.42. The summed E-state index contributed by atoms with van der Waals surface area (Å²) in [5, 5.41) is 0. The van der Waals surface area contributed by atoms with Gasteiger partial charge in [-0.2, -0.15) is 0 Å². The molecule has 0 bridgehead atoms. The number of nitrogens with one attached hydrogen (secondary N) is 1. The van der Waals surface area contributed by atoms with Crippen molar-refractivity contribution in [3.05, 3.63) is 63.6 Å². The van der Waals surface area contributed by atoms with Crippen LogP contribution >= 0.6 is 22.9 Å². The zero-order valence-electron chi connectivity index (χ0n) is 26.5. The van der Waals surface area contributed by atoms with Gasteiger partial charge >= 0.3 is 0 Å². The number of likely N-dealkylation sites (tertiary alicyclic amines) is 1. The van der Waals surface area contributed by atoms with Crippen molar-refractivity contribution in [2.75, 3.05) is 13.7 Å². The Morgan fingerprint density at radius 2 is 1.87 bits per heavy atom. The summed E-state index contributed by atoms with van der Waals surface area (Å²) in [5.74, 6) is 1.58. The molecular weight excluding hydrogens is 646 g/mol. The van der Waals surface area contributed by atoms with Crippen molar-refractivity contribution < 1.29 is 27.2 Å². The third-order valence-corrected chi connectivity index (χ3v) is 12.3. The summed E-state index contributed by atoms with van der Waals surface area (Å²) in [6, 6.07) is 8.50. The van der Waals surface area contributed by atoms with Gasteiger partial charge in [0.25, 0.3) is 10.0 Å². The van der Waals surface area contributed by atoms with Crippen LogP contribution in [0.2, 0.25) is 4.34 Å². The highest BCUT2D eigenvalue weighted by Crippen LogP contribution is 2.34. The molecule has 12 heteroatoms. The summed E-state index contributed by atoms with van der Waals surface area (Å²) in [7, 11) is -2.37. The monoisotopic (exact) mass is 689 g/mol. The predicted octanol–water partition coefficient (Wildman–Crippen LogP) is 7.89. The fraction of sp³-hybridized carbons (Fsp3) is 0.559. The molecule has 2 aromatic heterocycles. The number of carbonyl (C=O) groups is 2. The maximum absolute atomic E-state index is 12.9. The van der Waals surface area contributed by atoms with Crippen molar-refractivity contribution in [2.45, 2.75) is 107 Å². The van der Waals surface area contributed by atoms with Crippen molar-refractivity contribution in [3.63, 3.8) is 0 Å². The van der Waals surface area contributed by atoms with Crippen LogP contribution in [0.4, 0.5) is 0 Å². The smallest absolute Gasteiger partial charge is 0.273 e. The lowest BCUT2D eigenvalue weighted by molar-refractivity contribution is -0.119. The number of oxazole rings is 1. The van der Waals surface area contributed by atoms with Gasteiger partial charge in [-0.15, -0.1) is 11.3 Å². The standard InChI is InChI=1S/C34H44ClN3O6S2/c1-43-27-16-14-25(15-18-32(40)37-46(41,42)33-19-17-31(35)45-33)26(21-27)22-38-20-8-12-29(38)34-36-28(23-44-34)30(39)13-7-3-6-11-24-9-4-2-5-10-24/h14,16-17,19,21,23-24,29H,2-13,15,18,20,22H2,1H3,(H,37,40)/t29-/m0/s1. The molecule has 1 aliphatic heterocycles. The van der Waals surface area contributed by atoms with Gasteiger partial charge < -0.3 is 9.15 Å². The Hall–Kier alpha value is -2.73. The number of rotatable bonds is 16. The number of nitrogens with zero attached hydrogens (tertiary/aromatic N) is 2. The second kappa shape index (κ2) is 16.4. The number of unbranched alkanes of at least 4 members (excludes halogenated alkanes) is 2. The average Bonchev–Trinajstić information content (AvgIpc) is 3.82. The van der Waals surface area contributed by atoms with E-state index in [1.807, 2.05) is 18.2 Å². The van der Waals surface area contributed by atoms with Gasteiger partial charge in [0.1, 0.15) is 21.9 Å². The van der Waals surface area contributed by atoms with Crippen molar-refractivity contribution in [2.24, 2.45) is 5.92 Å². The molecule has 250 valence electrons. The van der Waals surface area contributed by atoms with E-state index in [4.69, 9.17) is 20.8 Å². The molecule has 1 aromatic carbocycles. The number of hydrogen-bond donors (Lipinski definition) is 1. The van der Waals surface area contributed by atoms with Crippen LogP contribution in [0.25, 0.3) is 0 Å². The minimum atomic E-state index is -3.97. The van der Waals surface area contributed by atoms with E-state index in [-0.39, 0.29) is 22.5 Å². The maximum Gasteiger partial charge on any atom is 0.273 e. The van der Waals surface area contributed by atoms with Gasteiger partial charge in [0.05, 0.1) is 17.5 Å². The molecule has 0 radical (unpaired) electrons. The van der Waals surface area contributed by atoms with E-state index < -0.39 is 15.9 Å². The lowest BCUT2D eigenvalue weighted by atomic mass is 9.85. The fourth-order valence-electron chi connectivity index (χ4n) is 6.64. The first kappa shape index (κ1) is 34.6. The molecule has 1 amide bonds. The zero-order valence-corrected chi connectivity index (χ0v) is 28.9. The number of aromatic nitrogens is 1. The lowest BCUT2D eigenvalue weighted by Crippen LogP contribution is -2.30. The van der Waals surface area contributed by atoms with Gasteiger partial charge in [0.15, 0.2) is 5.78 Å². The first-order chi connectivity index (χ1) is 22.2. The largest absolute Gasteiger partial charge is 0.497 e. The van der Waals surface area contributed by atoms with Gasteiger partial charge in [-0.3, -0.25) is 14.5 Å². The van der Waals surface area contributed by atoms with Gasteiger partial charge in [-0.05, 0) is 73.5 Å². The van der Waals surface area contributed by atoms with Gasteiger partial charge in [-0.25, -0.2) is 18.1 Å². The highest BCUT2D eigenvalue weighted by Gasteiger charge is 2.31. The number of hydrogen-bond acceptors (Lipinski definition) is 9. The van der Waals surface area contributed by atoms with Gasteiger partial charge in [0, 0.05) is 19.4 Å². The number of halogens is 1. The molecule has 0 unspecified atom stereocenters. The number of ether oxygens (including phenoxy) is 1. The molecule has 9 nitrogen and oxygen atoms in total. The molecule has 3 heterocycles. The van der Waals surface area contributed by atoms with E-state index in [2.05, 4.69) is 14.6 Å². The second-order valence-electron chi connectivity index (χ2n) is 12.4. The normalized spacial score (nSPS) is 17.7. The number of ketones is 1. The minimum Gasteiger partial charge on any atom is -0.497 e. The number of aryl methyl sites for hydroxylation is 1. The first-order valence-corrected chi connectivity index (χ1v) is 19.1. The third-order valence-electron chi connectivity index (χ3n) is 9.17. The van der Waals surface area contributed by atoms with Crippen LogP contribution in [0.3, 0.4) is 0 Å². The fourth-order valence-corrected chi connectivity index (χ4v) is 9.14.